The number of methoxy groups -OCH3 is 2. The molecule has 0 saturated carbocycles. The summed E-state index contributed by atoms with van der Waals surface area (Å²) in [6, 6.07) is 4.48. The van der Waals surface area contributed by atoms with Gasteiger partial charge in [-0.15, -0.1) is 0 Å². The van der Waals surface area contributed by atoms with Crippen LogP contribution in [-0.4, -0.2) is 42.3 Å². The molecule has 1 saturated heterocycles. The highest BCUT2D eigenvalue weighted by Crippen LogP contribution is 2.34. The van der Waals surface area contributed by atoms with Crippen LogP contribution in [0.15, 0.2) is 23.1 Å². The standard InChI is InChI=1S/C16H17NO5S/c1-9-7-12(21-3)6-5-11(9)8-13-14(18)17(16(20)23-13)10(2)15(19)22-4/h5-8,10H,1-4H3/b13-8-/t10-/m1/s1. The van der Waals surface area contributed by atoms with Gasteiger partial charge in [0.25, 0.3) is 11.1 Å². The maximum Gasteiger partial charge on any atom is 0.328 e. The quantitative estimate of drug-likeness (QED) is 0.622. The fraction of sp³-hybridized carbons (Fsp3) is 0.312. The minimum absolute atomic E-state index is 0.277. The van der Waals surface area contributed by atoms with E-state index >= 15 is 0 Å². The number of carbonyl (C=O) groups is 3. The van der Waals surface area contributed by atoms with Crippen molar-refractivity contribution in [2.24, 2.45) is 0 Å². The number of hydrogen-bond donors (Lipinski definition) is 0. The molecule has 1 atom stereocenters. The Morgan fingerprint density at radius 2 is 2.00 bits per heavy atom. The summed E-state index contributed by atoms with van der Waals surface area (Å²) in [6.45, 7) is 3.35. The zero-order chi connectivity index (χ0) is 17.1. The zero-order valence-electron chi connectivity index (χ0n) is 13.3. The number of amides is 2. The predicted octanol–water partition coefficient (Wildman–Crippen LogP) is 2.60. The number of rotatable bonds is 4. The van der Waals surface area contributed by atoms with Gasteiger partial charge in [-0.3, -0.25) is 14.5 Å². The van der Waals surface area contributed by atoms with Gasteiger partial charge in [0.15, 0.2) is 0 Å². The molecule has 1 aromatic rings. The van der Waals surface area contributed by atoms with E-state index < -0.39 is 23.2 Å². The fourth-order valence-electron chi connectivity index (χ4n) is 2.17. The number of imide groups is 1. The van der Waals surface area contributed by atoms with Gasteiger partial charge in [-0.25, -0.2) is 4.79 Å². The van der Waals surface area contributed by atoms with Crippen LogP contribution >= 0.6 is 11.8 Å². The van der Waals surface area contributed by atoms with Gasteiger partial charge in [0, 0.05) is 0 Å². The van der Waals surface area contributed by atoms with Gasteiger partial charge in [0.2, 0.25) is 0 Å². The molecule has 0 N–H and O–H groups in total. The molecule has 1 aliphatic heterocycles. The minimum Gasteiger partial charge on any atom is -0.497 e. The van der Waals surface area contributed by atoms with E-state index in [1.165, 1.54) is 14.0 Å². The van der Waals surface area contributed by atoms with Crippen molar-refractivity contribution in [2.75, 3.05) is 14.2 Å². The number of esters is 1. The summed E-state index contributed by atoms with van der Waals surface area (Å²) < 4.78 is 9.73. The van der Waals surface area contributed by atoms with Crippen LogP contribution in [0.5, 0.6) is 5.75 Å². The van der Waals surface area contributed by atoms with E-state index in [1.807, 2.05) is 19.1 Å². The summed E-state index contributed by atoms with van der Waals surface area (Å²) in [6.07, 6.45) is 1.64. The number of aryl methyl sites for hydroxylation is 1. The van der Waals surface area contributed by atoms with Crippen LogP contribution in [0.3, 0.4) is 0 Å². The maximum atomic E-state index is 12.4. The SMILES string of the molecule is COC(=O)[C@@H](C)N1C(=O)S/C(=C\c2ccc(OC)cc2C)C1=O. The lowest BCUT2D eigenvalue weighted by molar-refractivity contribution is -0.148. The lowest BCUT2D eigenvalue weighted by Crippen LogP contribution is -2.42. The highest BCUT2D eigenvalue weighted by Gasteiger charge is 2.41. The molecule has 6 nitrogen and oxygen atoms in total. The summed E-state index contributed by atoms with van der Waals surface area (Å²) in [5, 5.41) is -0.481. The molecular formula is C16H17NO5S. The second-order valence-corrected chi connectivity index (χ2v) is 5.97. The Morgan fingerprint density at radius 1 is 1.30 bits per heavy atom. The average Bonchev–Trinajstić information content (AvgIpc) is 2.81. The minimum atomic E-state index is -0.949. The molecule has 1 fully saturated rings. The van der Waals surface area contributed by atoms with Crippen molar-refractivity contribution in [3.63, 3.8) is 0 Å². The number of benzene rings is 1. The van der Waals surface area contributed by atoms with E-state index in [0.717, 1.165) is 27.8 Å². The lowest BCUT2D eigenvalue weighted by Gasteiger charge is -2.18. The van der Waals surface area contributed by atoms with Crippen LogP contribution in [-0.2, 0) is 14.3 Å². The van der Waals surface area contributed by atoms with E-state index in [9.17, 15) is 14.4 Å². The molecule has 1 aliphatic rings. The fourth-order valence-corrected chi connectivity index (χ4v) is 3.07. The monoisotopic (exact) mass is 335 g/mol. The molecule has 2 rings (SSSR count). The summed E-state index contributed by atoms with van der Waals surface area (Å²) in [5.74, 6) is -0.408. The predicted molar refractivity (Wildman–Crippen MR) is 87.0 cm³/mol. The summed E-state index contributed by atoms with van der Waals surface area (Å²) >= 11 is 0.811. The number of nitrogens with zero attached hydrogens (tertiary/aromatic N) is 1. The van der Waals surface area contributed by atoms with E-state index in [1.54, 1.807) is 19.3 Å². The van der Waals surface area contributed by atoms with Crippen LogP contribution in [0.25, 0.3) is 6.08 Å². The molecule has 23 heavy (non-hydrogen) atoms. The molecule has 0 unspecified atom stereocenters. The van der Waals surface area contributed by atoms with Crippen molar-refractivity contribution in [3.8, 4) is 5.75 Å². The maximum absolute atomic E-state index is 12.4. The first kappa shape index (κ1) is 17.1. The van der Waals surface area contributed by atoms with E-state index in [2.05, 4.69) is 4.74 Å². The van der Waals surface area contributed by atoms with Crippen LogP contribution in [0.4, 0.5) is 4.79 Å². The van der Waals surface area contributed by atoms with Crippen molar-refractivity contribution in [3.05, 3.63) is 34.2 Å². The Hall–Kier alpha value is -2.28. The van der Waals surface area contributed by atoms with E-state index in [0.29, 0.717) is 5.75 Å². The molecule has 0 spiro atoms. The smallest absolute Gasteiger partial charge is 0.328 e. The third kappa shape index (κ3) is 3.39. The molecule has 0 bridgehead atoms. The third-order valence-corrected chi connectivity index (χ3v) is 4.40. The van der Waals surface area contributed by atoms with Gasteiger partial charge in [-0.1, -0.05) is 6.07 Å². The Labute approximate surface area is 138 Å². The van der Waals surface area contributed by atoms with Gasteiger partial charge in [0.1, 0.15) is 11.8 Å². The second-order valence-electron chi connectivity index (χ2n) is 4.97. The van der Waals surface area contributed by atoms with E-state index in [4.69, 9.17) is 4.74 Å². The highest BCUT2D eigenvalue weighted by atomic mass is 32.2. The van der Waals surface area contributed by atoms with Crippen LogP contribution in [0.1, 0.15) is 18.1 Å². The molecule has 7 heteroatoms. The van der Waals surface area contributed by atoms with Gasteiger partial charge in [-0.05, 0) is 54.9 Å². The van der Waals surface area contributed by atoms with Gasteiger partial charge >= 0.3 is 5.97 Å². The first-order valence-corrected chi connectivity index (χ1v) is 7.70. The molecule has 2 amide bonds. The van der Waals surface area contributed by atoms with Gasteiger partial charge in [-0.2, -0.15) is 0 Å². The van der Waals surface area contributed by atoms with Gasteiger partial charge < -0.3 is 9.47 Å². The topological polar surface area (TPSA) is 72.9 Å². The van der Waals surface area contributed by atoms with Crippen molar-refractivity contribution in [1.29, 1.82) is 0 Å². The first-order chi connectivity index (χ1) is 10.9. The Kier molecular flexibility index (Phi) is 5.10. The normalized spacial score (nSPS) is 17.6. The highest BCUT2D eigenvalue weighted by molar-refractivity contribution is 8.18. The zero-order valence-corrected chi connectivity index (χ0v) is 14.1. The molecule has 0 aliphatic carbocycles. The number of carbonyl (C=O) groups excluding carboxylic acids is 3. The Morgan fingerprint density at radius 3 is 2.57 bits per heavy atom. The second kappa shape index (κ2) is 6.87. The number of hydrogen-bond acceptors (Lipinski definition) is 6. The number of thioether (sulfide) groups is 1. The molecule has 122 valence electrons. The van der Waals surface area contributed by atoms with Crippen molar-refractivity contribution in [2.45, 2.75) is 19.9 Å². The molecule has 0 radical (unpaired) electrons. The molecular weight excluding hydrogens is 318 g/mol. The largest absolute Gasteiger partial charge is 0.497 e. The molecule has 0 aromatic heterocycles. The summed E-state index contributed by atoms with van der Waals surface area (Å²) in [7, 11) is 2.79. The average molecular weight is 335 g/mol. The number of ether oxygens (including phenoxy) is 2. The molecule has 1 heterocycles. The van der Waals surface area contributed by atoms with E-state index in [-0.39, 0.29) is 4.91 Å². The van der Waals surface area contributed by atoms with Crippen molar-refractivity contribution < 1.29 is 23.9 Å². The van der Waals surface area contributed by atoms with Crippen LogP contribution in [0, 0.1) is 6.92 Å². The van der Waals surface area contributed by atoms with Crippen molar-refractivity contribution >= 4 is 35.0 Å². The van der Waals surface area contributed by atoms with Crippen LogP contribution < -0.4 is 4.74 Å². The van der Waals surface area contributed by atoms with Crippen LogP contribution in [0.2, 0.25) is 0 Å². The van der Waals surface area contributed by atoms with Gasteiger partial charge in [0.05, 0.1) is 19.1 Å². The Balaban J connectivity index is 2.30. The summed E-state index contributed by atoms with van der Waals surface area (Å²) in [4.78, 5) is 37.2. The first-order valence-electron chi connectivity index (χ1n) is 6.88. The van der Waals surface area contributed by atoms with Crippen molar-refractivity contribution in [1.82, 2.24) is 4.90 Å². The Bertz CT molecular complexity index is 698. The third-order valence-electron chi connectivity index (χ3n) is 3.52. The summed E-state index contributed by atoms with van der Waals surface area (Å²) in [5.41, 5.74) is 1.72. The lowest BCUT2D eigenvalue weighted by atomic mass is 10.1. The molecule has 1 aromatic carbocycles.